The lowest BCUT2D eigenvalue weighted by atomic mass is 10.2. The van der Waals surface area contributed by atoms with Gasteiger partial charge in [-0.2, -0.15) is 0 Å². The third-order valence-corrected chi connectivity index (χ3v) is 4.83. The number of nitrogens with one attached hydrogen (secondary N) is 1. The Kier molecular flexibility index (Phi) is 3.96. The Bertz CT molecular complexity index is 886. The van der Waals surface area contributed by atoms with Crippen LogP contribution in [0.2, 0.25) is 0 Å². The number of aromatic nitrogens is 2. The molecule has 0 fully saturated rings. The van der Waals surface area contributed by atoms with E-state index < -0.39 is 10.0 Å². The van der Waals surface area contributed by atoms with Crippen LogP contribution in [0.25, 0.3) is 11.0 Å². The van der Waals surface area contributed by atoms with E-state index in [-0.39, 0.29) is 12.3 Å². The van der Waals surface area contributed by atoms with Crippen LogP contribution in [0.3, 0.4) is 0 Å². The van der Waals surface area contributed by atoms with E-state index in [0.29, 0.717) is 5.82 Å². The van der Waals surface area contributed by atoms with Crippen molar-refractivity contribution in [2.45, 2.75) is 12.3 Å². The summed E-state index contributed by atoms with van der Waals surface area (Å²) in [6, 6.07) is 16.9. The summed E-state index contributed by atoms with van der Waals surface area (Å²) in [6.07, 6.45) is 0. The minimum atomic E-state index is -3.39. The Morgan fingerprint density at radius 3 is 2.45 bits per heavy atom. The van der Waals surface area contributed by atoms with Crippen LogP contribution in [0.4, 0.5) is 0 Å². The molecule has 0 aliphatic heterocycles. The first-order valence-electron chi connectivity index (χ1n) is 6.97. The van der Waals surface area contributed by atoms with Gasteiger partial charge in [-0.15, -0.1) is 0 Å². The Morgan fingerprint density at radius 1 is 1.05 bits per heavy atom. The fourth-order valence-corrected chi connectivity index (χ4v) is 3.46. The van der Waals surface area contributed by atoms with Crippen LogP contribution in [-0.4, -0.2) is 18.0 Å². The number of sulfonamides is 1. The summed E-state index contributed by atoms with van der Waals surface area (Å²) in [6.45, 7) is 0.181. The van der Waals surface area contributed by atoms with Gasteiger partial charge in [0.05, 0.1) is 23.3 Å². The van der Waals surface area contributed by atoms with E-state index in [4.69, 9.17) is 0 Å². The highest BCUT2D eigenvalue weighted by atomic mass is 32.2. The van der Waals surface area contributed by atoms with Gasteiger partial charge < -0.3 is 4.57 Å². The molecule has 0 atom stereocenters. The lowest BCUT2D eigenvalue weighted by molar-refractivity contribution is 0.577. The monoisotopic (exact) mass is 315 g/mol. The first-order valence-corrected chi connectivity index (χ1v) is 8.62. The molecule has 6 heteroatoms. The average molecular weight is 315 g/mol. The molecule has 0 unspecified atom stereocenters. The van der Waals surface area contributed by atoms with E-state index in [1.165, 1.54) is 0 Å². The second-order valence-corrected chi connectivity index (χ2v) is 6.95. The number of benzene rings is 2. The van der Waals surface area contributed by atoms with Gasteiger partial charge in [0.25, 0.3) is 0 Å². The van der Waals surface area contributed by atoms with Crippen LogP contribution in [-0.2, 0) is 29.4 Å². The number of fused-ring (bicyclic) bond motifs is 1. The molecule has 1 N–H and O–H groups in total. The molecule has 0 bridgehead atoms. The minimum Gasteiger partial charge on any atom is -0.330 e. The number of nitrogens with zero attached hydrogens (tertiary/aromatic N) is 2. The predicted octanol–water partition coefficient (Wildman–Crippen LogP) is 2.19. The lowest BCUT2D eigenvalue weighted by Crippen LogP contribution is -2.26. The third kappa shape index (κ3) is 3.18. The van der Waals surface area contributed by atoms with Crippen LogP contribution in [0, 0.1) is 0 Å². The Hall–Kier alpha value is -2.18. The fourth-order valence-electron chi connectivity index (χ4n) is 2.37. The molecule has 0 amide bonds. The van der Waals surface area contributed by atoms with Crippen molar-refractivity contribution >= 4 is 21.1 Å². The number of aryl methyl sites for hydroxylation is 1. The van der Waals surface area contributed by atoms with Gasteiger partial charge in [-0.25, -0.2) is 18.1 Å². The number of hydrogen-bond donors (Lipinski definition) is 1. The van der Waals surface area contributed by atoms with E-state index in [2.05, 4.69) is 9.71 Å². The minimum absolute atomic E-state index is 0.0300. The van der Waals surface area contributed by atoms with Gasteiger partial charge in [0, 0.05) is 7.05 Å². The summed E-state index contributed by atoms with van der Waals surface area (Å²) in [7, 11) is -1.51. The van der Waals surface area contributed by atoms with Crippen LogP contribution in [0.1, 0.15) is 11.4 Å². The first-order chi connectivity index (χ1) is 10.6. The van der Waals surface area contributed by atoms with Gasteiger partial charge in [-0.3, -0.25) is 0 Å². The molecule has 114 valence electrons. The molecule has 3 rings (SSSR count). The number of para-hydroxylation sites is 2. The summed E-state index contributed by atoms with van der Waals surface area (Å²) in [4.78, 5) is 4.46. The summed E-state index contributed by atoms with van der Waals surface area (Å²) >= 11 is 0. The van der Waals surface area contributed by atoms with Crippen molar-refractivity contribution in [1.82, 2.24) is 14.3 Å². The number of rotatable bonds is 5. The van der Waals surface area contributed by atoms with Crippen LogP contribution in [0.15, 0.2) is 54.6 Å². The molecular formula is C16H17N3O2S. The molecule has 0 saturated heterocycles. The molecule has 2 aromatic carbocycles. The van der Waals surface area contributed by atoms with Crippen molar-refractivity contribution in [3.05, 3.63) is 66.0 Å². The molecule has 5 nitrogen and oxygen atoms in total. The van der Waals surface area contributed by atoms with E-state index in [0.717, 1.165) is 16.6 Å². The highest BCUT2D eigenvalue weighted by Crippen LogP contribution is 2.14. The van der Waals surface area contributed by atoms with Gasteiger partial charge in [-0.05, 0) is 17.7 Å². The zero-order valence-electron chi connectivity index (χ0n) is 12.2. The average Bonchev–Trinajstić information content (AvgIpc) is 2.83. The van der Waals surface area contributed by atoms with E-state index >= 15 is 0 Å². The van der Waals surface area contributed by atoms with Crippen molar-refractivity contribution in [1.29, 1.82) is 0 Å². The lowest BCUT2D eigenvalue weighted by Gasteiger charge is -2.07. The highest BCUT2D eigenvalue weighted by Gasteiger charge is 2.14. The van der Waals surface area contributed by atoms with Crippen LogP contribution in [0.5, 0.6) is 0 Å². The molecule has 22 heavy (non-hydrogen) atoms. The van der Waals surface area contributed by atoms with Gasteiger partial charge >= 0.3 is 0 Å². The molecular weight excluding hydrogens is 298 g/mol. The normalized spacial score (nSPS) is 11.9. The van der Waals surface area contributed by atoms with Crippen molar-refractivity contribution in [3.63, 3.8) is 0 Å². The largest absolute Gasteiger partial charge is 0.330 e. The van der Waals surface area contributed by atoms with E-state index in [1.807, 2.05) is 54.1 Å². The molecule has 1 heterocycles. The van der Waals surface area contributed by atoms with E-state index in [9.17, 15) is 8.42 Å². The van der Waals surface area contributed by atoms with Gasteiger partial charge in [0.15, 0.2) is 0 Å². The Labute approximate surface area is 129 Å². The quantitative estimate of drug-likeness (QED) is 0.785. The summed E-state index contributed by atoms with van der Waals surface area (Å²) in [5, 5.41) is 0. The summed E-state index contributed by atoms with van der Waals surface area (Å²) in [5.74, 6) is 0.662. The Balaban J connectivity index is 1.74. The zero-order chi connectivity index (χ0) is 15.6. The standard InChI is InChI=1S/C16H17N3O2S/c1-19-15-10-6-5-9-14(15)18-16(19)11-17-22(20,21)12-13-7-3-2-4-8-13/h2-10,17H,11-12H2,1H3. The second kappa shape index (κ2) is 5.90. The highest BCUT2D eigenvalue weighted by molar-refractivity contribution is 7.88. The molecule has 0 aliphatic carbocycles. The van der Waals surface area contributed by atoms with Gasteiger partial charge in [0.1, 0.15) is 5.82 Å². The Morgan fingerprint density at radius 2 is 1.73 bits per heavy atom. The van der Waals surface area contributed by atoms with Crippen LogP contribution < -0.4 is 4.72 Å². The van der Waals surface area contributed by atoms with Crippen molar-refractivity contribution in [3.8, 4) is 0 Å². The molecule has 0 saturated carbocycles. The SMILES string of the molecule is Cn1c(CNS(=O)(=O)Cc2ccccc2)nc2ccccc21. The molecule has 0 spiro atoms. The van der Waals surface area contributed by atoms with Crippen molar-refractivity contribution in [2.75, 3.05) is 0 Å². The van der Waals surface area contributed by atoms with Crippen molar-refractivity contribution < 1.29 is 8.42 Å². The van der Waals surface area contributed by atoms with Gasteiger partial charge in [-0.1, -0.05) is 42.5 Å². The summed E-state index contributed by atoms with van der Waals surface area (Å²) in [5.41, 5.74) is 2.61. The van der Waals surface area contributed by atoms with Gasteiger partial charge in [0.2, 0.25) is 10.0 Å². The smallest absolute Gasteiger partial charge is 0.216 e. The maximum Gasteiger partial charge on any atom is 0.216 e. The molecule has 1 aromatic heterocycles. The summed E-state index contributed by atoms with van der Waals surface area (Å²) < 4.78 is 28.8. The second-order valence-electron chi connectivity index (χ2n) is 5.14. The number of hydrogen-bond acceptors (Lipinski definition) is 3. The molecule has 3 aromatic rings. The van der Waals surface area contributed by atoms with E-state index in [1.54, 1.807) is 12.1 Å². The maximum absolute atomic E-state index is 12.2. The third-order valence-electron chi connectivity index (χ3n) is 3.53. The topological polar surface area (TPSA) is 64.0 Å². The van der Waals surface area contributed by atoms with Crippen LogP contribution >= 0.6 is 0 Å². The maximum atomic E-state index is 12.2. The molecule has 0 aliphatic rings. The fraction of sp³-hybridized carbons (Fsp3) is 0.188. The predicted molar refractivity (Wildman–Crippen MR) is 86.6 cm³/mol. The molecule has 0 radical (unpaired) electrons. The zero-order valence-corrected chi connectivity index (χ0v) is 13.0. The number of imidazole rings is 1. The first kappa shape index (κ1) is 14.7. The van der Waals surface area contributed by atoms with Crippen molar-refractivity contribution in [2.24, 2.45) is 7.05 Å².